The van der Waals surface area contributed by atoms with Crippen LogP contribution in [0.3, 0.4) is 0 Å². The van der Waals surface area contributed by atoms with Gasteiger partial charge in [-0.1, -0.05) is 12.1 Å². The minimum absolute atomic E-state index is 0.113. The van der Waals surface area contributed by atoms with Crippen molar-refractivity contribution in [2.45, 2.75) is 6.04 Å². The average Bonchev–Trinajstić information content (AvgIpc) is 3.08. The number of hydrogen-bond donors (Lipinski definition) is 1. The Kier molecular flexibility index (Phi) is 5.00. The molecule has 0 spiro atoms. The van der Waals surface area contributed by atoms with Crippen LogP contribution in [0.25, 0.3) is 5.65 Å². The number of aromatic nitrogens is 2. The third-order valence-electron chi connectivity index (χ3n) is 4.02. The van der Waals surface area contributed by atoms with Gasteiger partial charge < -0.3 is 19.4 Å². The van der Waals surface area contributed by atoms with Gasteiger partial charge in [0.15, 0.2) is 0 Å². The first-order chi connectivity index (χ1) is 12.1. The van der Waals surface area contributed by atoms with Gasteiger partial charge in [-0.25, -0.2) is 4.98 Å². The standard InChI is InChI=1S/C19H22N4O2/c1-22(2)13-17(14-4-7-16(25-3)8-5-14)21-19(24)15-6-9-18-20-10-11-23(18)12-15/h4-12,17H,13H2,1-3H3,(H,21,24)/t17-/m0/s1. The molecule has 3 aromatic rings. The molecule has 0 saturated heterocycles. The number of benzene rings is 1. The predicted octanol–water partition coefficient (Wildman–Crippen LogP) is 2.38. The number of carbonyl (C=O) groups is 1. The van der Waals surface area contributed by atoms with Crippen LogP contribution >= 0.6 is 0 Å². The van der Waals surface area contributed by atoms with Gasteiger partial charge in [0.05, 0.1) is 18.7 Å². The summed E-state index contributed by atoms with van der Waals surface area (Å²) >= 11 is 0. The molecule has 0 saturated carbocycles. The number of nitrogens with one attached hydrogen (secondary N) is 1. The first kappa shape index (κ1) is 17.0. The summed E-state index contributed by atoms with van der Waals surface area (Å²) in [7, 11) is 5.61. The number of nitrogens with zero attached hydrogens (tertiary/aromatic N) is 3. The molecule has 2 heterocycles. The fourth-order valence-electron chi connectivity index (χ4n) is 2.73. The quantitative estimate of drug-likeness (QED) is 0.750. The van der Waals surface area contributed by atoms with Crippen LogP contribution < -0.4 is 10.1 Å². The number of carbonyl (C=O) groups excluding carboxylic acids is 1. The molecule has 0 unspecified atom stereocenters. The first-order valence-electron chi connectivity index (χ1n) is 8.09. The molecule has 25 heavy (non-hydrogen) atoms. The molecule has 6 heteroatoms. The molecular formula is C19H22N4O2. The van der Waals surface area contributed by atoms with E-state index >= 15 is 0 Å². The Morgan fingerprint density at radius 2 is 2.00 bits per heavy atom. The summed E-state index contributed by atoms with van der Waals surface area (Å²) in [5.41, 5.74) is 2.45. The molecule has 0 aliphatic carbocycles. The van der Waals surface area contributed by atoms with E-state index in [1.54, 1.807) is 25.6 Å². The number of likely N-dealkylation sites (N-methyl/N-ethyl adjacent to an activating group) is 1. The van der Waals surface area contributed by atoms with Crippen molar-refractivity contribution in [2.75, 3.05) is 27.7 Å². The highest BCUT2D eigenvalue weighted by Crippen LogP contribution is 2.19. The summed E-state index contributed by atoms with van der Waals surface area (Å²) in [5, 5.41) is 3.12. The smallest absolute Gasteiger partial charge is 0.253 e. The van der Waals surface area contributed by atoms with Crippen LogP contribution in [0.15, 0.2) is 55.0 Å². The Labute approximate surface area is 147 Å². The van der Waals surface area contributed by atoms with E-state index in [1.807, 2.05) is 59.9 Å². The van der Waals surface area contributed by atoms with Gasteiger partial charge in [0.2, 0.25) is 0 Å². The van der Waals surface area contributed by atoms with E-state index in [0.717, 1.165) is 17.0 Å². The SMILES string of the molecule is COc1ccc([C@H](CN(C)C)NC(=O)c2ccc3nccn3c2)cc1. The van der Waals surface area contributed by atoms with Crippen molar-refractivity contribution in [2.24, 2.45) is 0 Å². The number of imidazole rings is 1. The number of amides is 1. The number of ether oxygens (including phenoxy) is 1. The summed E-state index contributed by atoms with van der Waals surface area (Å²) in [6, 6.07) is 11.3. The van der Waals surface area contributed by atoms with Gasteiger partial charge in [-0.05, 0) is 43.9 Å². The topological polar surface area (TPSA) is 58.9 Å². The van der Waals surface area contributed by atoms with Crippen LogP contribution in [0, 0.1) is 0 Å². The van der Waals surface area contributed by atoms with Crippen molar-refractivity contribution in [3.63, 3.8) is 0 Å². The minimum Gasteiger partial charge on any atom is -0.497 e. The van der Waals surface area contributed by atoms with Gasteiger partial charge in [0.25, 0.3) is 5.91 Å². The van der Waals surface area contributed by atoms with Crippen molar-refractivity contribution >= 4 is 11.6 Å². The highest BCUT2D eigenvalue weighted by Gasteiger charge is 2.17. The molecule has 3 rings (SSSR count). The zero-order chi connectivity index (χ0) is 17.8. The van der Waals surface area contributed by atoms with Crippen LogP contribution in [0.4, 0.5) is 0 Å². The molecular weight excluding hydrogens is 316 g/mol. The molecule has 0 bridgehead atoms. The maximum Gasteiger partial charge on any atom is 0.253 e. The molecule has 1 atom stereocenters. The fraction of sp³-hybridized carbons (Fsp3) is 0.263. The second kappa shape index (κ2) is 7.36. The van der Waals surface area contributed by atoms with E-state index in [-0.39, 0.29) is 11.9 Å². The third-order valence-corrected chi connectivity index (χ3v) is 4.02. The van der Waals surface area contributed by atoms with Crippen LogP contribution in [0.1, 0.15) is 22.0 Å². The largest absolute Gasteiger partial charge is 0.497 e. The predicted molar refractivity (Wildman–Crippen MR) is 96.9 cm³/mol. The summed E-state index contributed by atoms with van der Waals surface area (Å²) in [5.74, 6) is 0.683. The first-order valence-corrected chi connectivity index (χ1v) is 8.09. The second-order valence-electron chi connectivity index (χ2n) is 6.17. The van der Waals surface area contributed by atoms with Crippen LogP contribution in [0.5, 0.6) is 5.75 Å². The molecule has 0 aliphatic heterocycles. The van der Waals surface area contributed by atoms with Crippen LogP contribution in [0.2, 0.25) is 0 Å². The highest BCUT2D eigenvalue weighted by molar-refractivity contribution is 5.94. The minimum atomic E-state index is -0.119. The molecule has 1 N–H and O–H groups in total. The van der Waals surface area contributed by atoms with E-state index in [2.05, 4.69) is 10.3 Å². The van der Waals surface area contributed by atoms with Crippen molar-refractivity contribution in [1.82, 2.24) is 19.6 Å². The van der Waals surface area contributed by atoms with E-state index < -0.39 is 0 Å². The maximum absolute atomic E-state index is 12.7. The summed E-state index contributed by atoms with van der Waals surface area (Å²) in [6.07, 6.45) is 5.33. The van der Waals surface area contributed by atoms with Crippen molar-refractivity contribution in [3.05, 3.63) is 66.1 Å². The summed E-state index contributed by atoms with van der Waals surface area (Å²) in [4.78, 5) is 19.0. The summed E-state index contributed by atoms with van der Waals surface area (Å²) in [6.45, 7) is 0.700. The Morgan fingerprint density at radius 3 is 2.68 bits per heavy atom. The monoisotopic (exact) mass is 338 g/mol. The second-order valence-corrected chi connectivity index (χ2v) is 6.17. The van der Waals surface area contributed by atoms with Crippen molar-refractivity contribution < 1.29 is 9.53 Å². The lowest BCUT2D eigenvalue weighted by Crippen LogP contribution is -2.35. The summed E-state index contributed by atoms with van der Waals surface area (Å²) < 4.78 is 7.04. The van der Waals surface area contributed by atoms with E-state index in [4.69, 9.17) is 4.74 Å². The van der Waals surface area contributed by atoms with Crippen LogP contribution in [-0.4, -0.2) is 47.9 Å². The number of fused-ring (bicyclic) bond motifs is 1. The fourth-order valence-corrected chi connectivity index (χ4v) is 2.73. The Bertz CT molecular complexity index is 855. The lowest BCUT2D eigenvalue weighted by molar-refractivity contribution is 0.0929. The van der Waals surface area contributed by atoms with Crippen LogP contribution in [-0.2, 0) is 0 Å². The molecule has 2 aromatic heterocycles. The normalized spacial score (nSPS) is 12.3. The molecule has 1 aromatic carbocycles. The number of pyridine rings is 1. The average molecular weight is 338 g/mol. The van der Waals surface area contributed by atoms with E-state index in [1.165, 1.54) is 0 Å². The molecule has 0 fully saturated rings. The van der Waals surface area contributed by atoms with Crippen molar-refractivity contribution in [3.8, 4) is 5.75 Å². The number of methoxy groups -OCH3 is 1. The van der Waals surface area contributed by atoms with Gasteiger partial charge in [0, 0.05) is 25.1 Å². The van der Waals surface area contributed by atoms with Gasteiger partial charge >= 0.3 is 0 Å². The van der Waals surface area contributed by atoms with E-state index in [9.17, 15) is 4.79 Å². The van der Waals surface area contributed by atoms with Gasteiger partial charge in [0.1, 0.15) is 11.4 Å². The van der Waals surface area contributed by atoms with E-state index in [0.29, 0.717) is 12.1 Å². The van der Waals surface area contributed by atoms with Gasteiger partial charge in [-0.3, -0.25) is 4.79 Å². The highest BCUT2D eigenvalue weighted by atomic mass is 16.5. The van der Waals surface area contributed by atoms with Crippen molar-refractivity contribution in [1.29, 1.82) is 0 Å². The Morgan fingerprint density at radius 1 is 1.24 bits per heavy atom. The zero-order valence-corrected chi connectivity index (χ0v) is 14.6. The Balaban J connectivity index is 1.81. The molecule has 0 aliphatic rings. The zero-order valence-electron chi connectivity index (χ0n) is 14.6. The van der Waals surface area contributed by atoms with Gasteiger partial charge in [-0.2, -0.15) is 0 Å². The lowest BCUT2D eigenvalue weighted by Gasteiger charge is -2.23. The molecule has 0 radical (unpaired) electrons. The molecule has 6 nitrogen and oxygen atoms in total. The number of hydrogen-bond acceptors (Lipinski definition) is 4. The molecule has 130 valence electrons. The Hall–Kier alpha value is -2.86. The lowest BCUT2D eigenvalue weighted by atomic mass is 10.1. The number of rotatable bonds is 6. The molecule has 1 amide bonds. The van der Waals surface area contributed by atoms with Gasteiger partial charge in [-0.15, -0.1) is 0 Å². The maximum atomic E-state index is 12.7. The third kappa shape index (κ3) is 3.97.